The van der Waals surface area contributed by atoms with Crippen molar-refractivity contribution in [3.05, 3.63) is 88.9 Å². The standard InChI is InChI=1S/C24H22N2O2S/c1-16(2)28-20-7-5-6-18(15-20)24(27)25-19-12-10-17(11-13-19)14-23-26-21-8-3-4-9-22(21)29-23/h3-13,15-16H,14H2,1-2H3,(H,25,27). The summed E-state index contributed by atoms with van der Waals surface area (Å²) in [6.45, 7) is 3.92. The molecule has 0 fully saturated rings. The Morgan fingerprint density at radius 1 is 1.03 bits per heavy atom. The molecule has 3 aromatic carbocycles. The molecule has 0 aliphatic heterocycles. The zero-order chi connectivity index (χ0) is 20.2. The Morgan fingerprint density at radius 2 is 1.83 bits per heavy atom. The van der Waals surface area contributed by atoms with E-state index in [9.17, 15) is 4.79 Å². The summed E-state index contributed by atoms with van der Waals surface area (Å²) < 4.78 is 6.87. The summed E-state index contributed by atoms with van der Waals surface area (Å²) in [6, 6.07) is 23.3. The van der Waals surface area contributed by atoms with Gasteiger partial charge in [-0.3, -0.25) is 4.79 Å². The van der Waals surface area contributed by atoms with Gasteiger partial charge in [-0.25, -0.2) is 4.98 Å². The maximum atomic E-state index is 12.6. The maximum absolute atomic E-state index is 12.6. The van der Waals surface area contributed by atoms with Crippen LogP contribution in [-0.4, -0.2) is 17.0 Å². The third kappa shape index (κ3) is 4.81. The minimum atomic E-state index is -0.155. The number of benzene rings is 3. The fourth-order valence-electron chi connectivity index (χ4n) is 3.06. The second-order valence-electron chi connectivity index (χ2n) is 7.10. The van der Waals surface area contributed by atoms with E-state index in [2.05, 4.69) is 16.4 Å². The summed E-state index contributed by atoms with van der Waals surface area (Å²) >= 11 is 1.72. The molecule has 0 radical (unpaired) electrons. The van der Waals surface area contributed by atoms with E-state index in [1.807, 2.05) is 68.4 Å². The van der Waals surface area contributed by atoms with Crippen LogP contribution in [0.15, 0.2) is 72.8 Å². The van der Waals surface area contributed by atoms with E-state index >= 15 is 0 Å². The summed E-state index contributed by atoms with van der Waals surface area (Å²) in [7, 11) is 0. The number of fused-ring (bicyclic) bond motifs is 1. The van der Waals surface area contributed by atoms with Crippen molar-refractivity contribution in [2.24, 2.45) is 0 Å². The molecule has 4 aromatic rings. The van der Waals surface area contributed by atoms with Gasteiger partial charge in [-0.2, -0.15) is 0 Å². The Kier molecular flexibility index (Phi) is 5.58. The lowest BCUT2D eigenvalue weighted by Crippen LogP contribution is -2.12. The molecular weight excluding hydrogens is 380 g/mol. The molecule has 0 saturated carbocycles. The van der Waals surface area contributed by atoms with Gasteiger partial charge in [-0.05, 0) is 61.9 Å². The van der Waals surface area contributed by atoms with Crippen molar-refractivity contribution in [2.45, 2.75) is 26.4 Å². The molecular formula is C24H22N2O2S. The largest absolute Gasteiger partial charge is 0.491 e. The van der Waals surface area contributed by atoms with E-state index in [1.165, 1.54) is 4.70 Å². The number of carbonyl (C=O) groups is 1. The van der Waals surface area contributed by atoms with Crippen molar-refractivity contribution >= 4 is 33.1 Å². The Labute approximate surface area is 174 Å². The summed E-state index contributed by atoms with van der Waals surface area (Å²) in [5.74, 6) is 0.539. The Hall–Kier alpha value is -3.18. The number of nitrogens with zero attached hydrogens (tertiary/aromatic N) is 1. The predicted molar refractivity (Wildman–Crippen MR) is 119 cm³/mol. The zero-order valence-corrected chi connectivity index (χ0v) is 17.2. The van der Waals surface area contributed by atoms with Crippen molar-refractivity contribution in [1.82, 2.24) is 4.98 Å². The SMILES string of the molecule is CC(C)Oc1cccc(C(=O)Nc2ccc(Cc3nc4ccccc4s3)cc2)c1. The molecule has 0 atom stereocenters. The average molecular weight is 403 g/mol. The highest BCUT2D eigenvalue weighted by Gasteiger charge is 2.09. The van der Waals surface area contributed by atoms with E-state index in [1.54, 1.807) is 23.5 Å². The van der Waals surface area contributed by atoms with Gasteiger partial charge in [0.05, 0.1) is 21.3 Å². The van der Waals surface area contributed by atoms with Gasteiger partial charge in [0.25, 0.3) is 5.91 Å². The van der Waals surface area contributed by atoms with Crippen LogP contribution in [0.2, 0.25) is 0 Å². The third-order valence-electron chi connectivity index (χ3n) is 4.37. The van der Waals surface area contributed by atoms with Crippen LogP contribution in [0.3, 0.4) is 0 Å². The fraction of sp³-hybridized carbons (Fsp3) is 0.167. The van der Waals surface area contributed by atoms with Crippen LogP contribution >= 0.6 is 11.3 Å². The molecule has 1 aromatic heterocycles. The summed E-state index contributed by atoms with van der Waals surface area (Å²) in [5.41, 5.74) is 3.54. The van der Waals surface area contributed by atoms with Gasteiger partial charge in [-0.15, -0.1) is 11.3 Å². The number of anilines is 1. The van der Waals surface area contributed by atoms with Crippen molar-refractivity contribution in [3.8, 4) is 5.75 Å². The van der Waals surface area contributed by atoms with Crippen molar-refractivity contribution in [1.29, 1.82) is 0 Å². The molecule has 0 aliphatic rings. The van der Waals surface area contributed by atoms with Crippen LogP contribution in [0.1, 0.15) is 34.8 Å². The summed E-state index contributed by atoms with van der Waals surface area (Å²) in [4.78, 5) is 17.2. The third-order valence-corrected chi connectivity index (χ3v) is 5.41. The average Bonchev–Trinajstić information content (AvgIpc) is 3.11. The molecule has 4 nitrogen and oxygen atoms in total. The number of nitrogens with one attached hydrogen (secondary N) is 1. The molecule has 0 spiro atoms. The first-order valence-electron chi connectivity index (χ1n) is 9.58. The molecule has 1 amide bonds. The monoisotopic (exact) mass is 402 g/mol. The lowest BCUT2D eigenvalue weighted by atomic mass is 10.1. The summed E-state index contributed by atoms with van der Waals surface area (Å²) in [6.07, 6.45) is 0.846. The summed E-state index contributed by atoms with van der Waals surface area (Å²) in [5, 5.41) is 4.03. The van der Waals surface area contributed by atoms with E-state index in [4.69, 9.17) is 4.74 Å². The zero-order valence-electron chi connectivity index (χ0n) is 16.4. The quantitative estimate of drug-likeness (QED) is 0.435. The molecule has 1 heterocycles. The molecule has 146 valence electrons. The minimum absolute atomic E-state index is 0.0660. The van der Waals surface area contributed by atoms with Gasteiger partial charge >= 0.3 is 0 Å². The van der Waals surface area contributed by atoms with E-state index in [-0.39, 0.29) is 12.0 Å². The number of ether oxygens (including phenoxy) is 1. The maximum Gasteiger partial charge on any atom is 0.255 e. The number of amides is 1. The van der Waals surface area contributed by atoms with Crippen LogP contribution in [0.4, 0.5) is 5.69 Å². The Bertz CT molecular complexity index is 1100. The number of thiazole rings is 1. The van der Waals surface area contributed by atoms with Crippen LogP contribution < -0.4 is 10.1 Å². The second kappa shape index (κ2) is 8.45. The number of para-hydroxylation sites is 1. The van der Waals surface area contributed by atoms with Crippen LogP contribution in [0.5, 0.6) is 5.75 Å². The van der Waals surface area contributed by atoms with Gasteiger partial charge in [0.2, 0.25) is 0 Å². The lowest BCUT2D eigenvalue weighted by molar-refractivity contribution is 0.102. The molecule has 0 bridgehead atoms. The van der Waals surface area contributed by atoms with Crippen LogP contribution in [0.25, 0.3) is 10.2 Å². The Balaban J connectivity index is 1.42. The second-order valence-corrected chi connectivity index (χ2v) is 8.21. The highest BCUT2D eigenvalue weighted by atomic mass is 32.1. The van der Waals surface area contributed by atoms with E-state index in [0.717, 1.165) is 28.2 Å². The molecule has 5 heteroatoms. The highest BCUT2D eigenvalue weighted by Crippen LogP contribution is 2.24. The topological polar surface area (TPSA) is 51.2 Å². The van der Waals surface area contributed by atoms with E-state index in [0.29, 0.717) is 11.3 Å². The number of aromatic nitrogens is 1. The smallest absolute Gasteiger partial charge is 0.255 e. The van der Waals surface area contributed by atoms with Crippen molar-refractivity contribution < 1.29 is 9.53 Å². The molecule has 29 heavy (non-hydrogen) atoms. The number of rotatable bonds is 6. The van der Waals surface area contributed by atoms with E-state index < -0.39 is 0 Å². The van der Waals surface area contributed by atoms with Crippen molar-refractivity contribution in [3.63, 3.8) is 0 Å². The molecule has 1 N–H and O–H groups in total. The van der Waals surface area contributed by atoms with Gasteiger partial charge in [0.1, 0.15) is 5.75 Å². The molecule has 0 unspecified atom stereocenters. The number of carbonyl (C=O) groups excluding carboxylic acids is 1. The molecule has 0 aliphatic carbocycles. The van der Waals surface area contributed by atoms with Gasteiger partial charge in [0, 0.05) is 17.7 Å². The normalized spacial score (nSPS) is 11.0. The first-order valence-corrected chi connectivity index (χ1v) is 10.4. The van der Waals surface area contributed by atoms with Crippen molar-refractivity contribution in [2.75, 3.05) is 5.32 Å². The van der Waals surface area contributed by atoms with Crippen LogP contribution in [-0.2, 0) is 6.42 Å². The Morgan fingerprint density at radius 3 is 2.59 bits per heavy atom. The lowest BCUT2D eigenvalue weighted by Gasteiger charge is -2.11. The van der Waals surface area contributed by atoms with Gasteiger partial charge in [0.15, 0.2) is 0 Å². The van der Waals surface area contributed by atoms with Gasteiger partial charge in [-0.1, -0.05) is 30.3 Å². The fourth-order valence-corrected chi connectivity index (χ4v) is 4.06. The molecule has 0 saturated heterocycles. The minimum Gasteiger partial charge on any atom is -0.491 e. The highest BCUT2D eigenvalue weighted by molar-refractivity contribution is 7.18. The number of hydrogen-bond donors (Lipinski definition) is 1. The first-order chi connectivity index (χ1) is 14.1. The first kappa shape index (κ1) is 19.2. The van der Waals surface area contributed by atoms with Crippen LogP contribution in [0, 0.1) is 0 Å². The number of hydrogen-bond acceptors (Lipinski definition) is 4. The molecule has 4 rings (SSSR count). The predicted octanol–water partition coefficient (Wildman–Crippen LogP) is 5.93. The van der Waals surface area contributed by atoms with Gasteiger partial charge < -0.3 is 10.1 Å².